The van der Waals surface area contributed by atoms with Gasteiger partial charge in [0.1, 0.15) is 5.69 Å². The summed E-state index contributed by atoms with van der Waals surface area (Å²) in [5.74, 6) is 0.591. The maximum absolute atomic E-state index is 12.4. The molecule has 0 spiro atoms. The van der Waals surface area contributed by atoms with E-state index in [4.69, 9.17) is 34.8 Å². The Morgan fingerprint density at radius 3 is 1.92 bits per heavy atom. The monoisotopic (exact) mass is 384 g/mol. The number of amidine groups is 1. The van der Waals surface area contributed by atoms with Crippen LogP contribution in [0.25, 0.3) is 0 Å². The topological polar surface area (TPSA) is 44.1 Å². The van der Waals surface area contributed by atoms with Gasteiger partial charge in [-0.15, -0.1) is 0 Å². The van der Waals surface area contributed by atoms with Gasteiger partial charge in [0.25, 0.3) is 5.91 Å². The number of amides is 1. The second-order valence-electron chi connectivity index (χ2n) is 5.35. The molecule has 0 heterocycles. The van der Waals surface area contributed by atoms with Gasteiger partial charge in [0.2, 0.25) is 5.84 Å². The Morgan fingerprint density at radius 1 is 0.875 bits per heavy atom. The number of benzene rings is 2. The largest absolute Gasteiger partial charge is 0.322 e. The Kier molecular flexibility index (Phi) is 6.10. The fourth-order valence-electron chi connectivity index (χ4n) is 1.89. The van der Waals surface area contributed by atoms with Crippen molar-refractivity contribution in [1.82, 2.24) is 0 Å². The normalized spacial score (nSPS) is 10.2. The zero-order valence-corrected chi connectivity index (χ0v) is 15.7. The van der Waals surface area contributed by atoms with Crippen molar-refractivity contribution in [3.8, 4) is 0 Å². The first-order chi connectivity index (χ1) is 11.3. The summed E-state index contributed by atoms with van der Waals surface area (Å²) >= 11 is 18.1. The molecule has 126 valence electrons. The highest BCUT2D eigenvalue weighted by molar-refractivity contribution is 6.46. The van der Waals surface area contributed by atoms with Gasteiger partial charge in [0.15, 0.2) is 0 Å². The number of nitrogens with one attached hydrogen (secondary N) is 2. The highest BCUT2D eigenvalue weighted by Gasteiger charge is 2.17. The molecule has 2 N–H and O–H groups in total. The third kappa shape index (κ3) is 4.41. The molecule has 0 aliphatic heterocycles. The number of hydrogen-bond donors (Lipinski definition) is 2. The lowest BCUT2D eigenvalue weighted by molar-refractivity contribution is -0.464. The number of carbonyl (C=O) groups excluding carboxylic acids is 1. The summed E-state index contributed by atoms with van der Waals surface area (Å²) in [6.45, 7) is 1.97. The molecule has 0 atom stereocenters. The molecule has 0 saturated heterocycles. The van der Waals surface area contributed by atoms with Crippen molar-refractivity contribution in [2.45, 2.75) is 6.92 Å². The quantitative estimate of drug-likeness (QED) is 0.338. The molecule has 2 aromatic carbocycles. The van der Waals surface area contributed by atoms with Gasteiger partial charge >= 0.3 is 0 Å². The van der Waals surface area contributed by atoms with Gasteiger partial charge < -0.3 is 5.32 Å². The van der Waals surface area contributed by atoms with Gasteiger partial charge in [-0.05, 0) is 36.4 Å². The average molecular weight is 386 g/mol. The maximum atomic E-state index is 12.4. The predicted molar refractivity (Wildman–Crippen MR) is 102 cm³/mol. The van der Waals surface area contributed by atoms with E-state index in [1.165, 1.54) is 6.07 Å². The lowest BCUT2D eigenvalue weighted by atomic mass is 10.2. The fourth-order valence-corrected chi connectivity index (χ4v) is 2.59. The van der Waals surface area contributed by atoms with E-state index >= 15 is 0 Å². The Labute approximate surface area is 156 Å². The van der Waals surface area contributed by atoms with Crippen LogP contribution in [0.4, 0.5) is 11.4 Å². The van der Waals surface area contributed by atoms with E-state index in [1.807, 2.05) is 37.7 Å². The molecule has 0 saturated carbocycles. The zero-order chi connectivity index (χ0) is 17.9. The zero-order valence-electron chi connectivity index (χ0n) is 13.5. The van der Waals surface area contributed by atoms with Crippen LogP contribution in [0.1, 0.15) is 17.3 Å². The van der Waals surface area contributed by atoms with Crippen LogP contribution in [0.5, 0.6) is 0 Å². The molecule has 0 aromatic heterocycles. The summed E-state index contributed by atoms with van der Waals surface area (Å²) in [6, 6.07) is 10.4. The number of nitrogens with zero attached hydrogens (tertiary/aromatic N) is 1. The minimum atomic E-state index is -0.413. The molecular weight excluding hydrogens is 369 g/mol. The van der Waals surface area contributed by atoms with E-state index < -0.39 is 5.91 Å². The summed E-state index contributed by atoms with van der Waals surface area (Å²) in [6.07, 6.45) is 0. The molecule has 0 fully saturated rings. The second kappa shape index (κ2) is 7.88. The number of carbonyl (C=O) groups is 1. The highest BCUT2D eigenvalue weighted by atomic mass is 35.5. The minimum Gasteiger partial charge on any atom is -0.322 e. The third-order valence-electron chi connectivity index (χ3n) is 3.41. The molecule has 2 rings (SSSR count). The van der Waals surface area contributed by atoms with Crippen molar-refractivity contribution in [3.05, 3.63) is 57.0 Å². The first-order valence-electron chi connectivity index (χ1n) is 7.12. The van der Waals surface area contributed by atoms with E-state index in [9.17, 15) is 4.79 Å². The first-order valence-corrected chi connectivity index (χ1v) is 8.26. The number of anilines is 2. The van der Waals surface area contributed by atoms with Crippen LogP contribution in [0.3, 0.4) is 0 Å². The van der Waals surface area contributed by atoms with Gasteiger partial charge in [-0.2, -0.15) is 0 Å². The lowest BCUT2D eigenvalue weighted by Crippen LogP contribution is -2.18. The van der Waals surface area contributed by atoms with Crippen molar-refractivity contribution >= 4 is 57.9 Å². The maximum Gasteiger partial charge on any atom is 0.258 e. The molecule has 0 unspecified atom stereocenters. The smallest absolute Gasteiger partial charge is 0.258 e. The van der Waals surface area contributed by atoms with E-state index in [0.717, 1.165) is 11.5 Å². The van der Waals surface area contributed by atoms with Crippen LogP contribution >= 0.6 is 34.8 Å². The van der Waals surface area contributed by atoms with Gasteiger partial charge in [-0.3, -0.25) is 9.37 Å². The molecule has 0 radical (unpaired) electrons. The van der Waals surface area contributed by atoms with Crippen LogP contribution in [-0.4, -0.2) is 30.4 Å². The SMILES string of the molecule is CC(Nc1ccc(NC(=O)c2c(Cl)ccc(Cl)c2Cl)cc1)=[N+](C)C. The molecule has 24 heavy (non-hydrogen) atoms. The Balaban J connectivity index is 2.16. The van der Waals surface area contributed by atoms with Gasteiger partial charge in [-0.25, -0.2) is 5.32 Å². The van der Waals surface area contributed by atoms with E-state index in [2.05, 4.69) is 10.6 Å². The summed E-state index contributed by atoms with van der Waals surface area (Å²) in [4.78, 5) is 12.4. The van der Waals surface area contributed by atoms with Crippen molar-refractivity contribution in [2.75, 3.05) is 24.7 Å². The van der Waals surface area contributed by atoms with Crippen molar-refractivity contribution in [1.29, 1.82) is 0 Å². The number of halogens is 3. The van der Waals surface area contributed by atoms with E-state index in [-0.39, 0.29) is 20.6 Å². The van der Waals surface area contributed by atoms with Crippen LogP contribution in [0, 0.1) is 0 Å². The average Bonchev–Trinajstić information content (AvgIpc) is 2.53. The van der Waals surface area contributed by atoms with E-state index in [0.29, 0.717) is 5.69 Å². The highest BCUT2D eigenvalue weighted by Crippen LogP contribution is 2.32. The summed E-state index contributed by atoms with van der Waals surface area (Å²) in [5.41, 5.74) is 1.70. The van der Waals surface area contributed by atoms with Gasteiger partial charge in [0, 0.05) is 12.6 Å². The van der Waals surface area contributed by atoms with E-state index in [1.54, 1.807) is 18.2 Å². The second-order valence-corrected chi connectivity index (χ2v) is 6.55. The summed E-state index contributed by atoms with van der Waals surface area (Å²) in [7, 11) is 3.91. The molecule has 7 heteroatoms. The fraction of sp³-hybridized carbons (Fsp3) is 0.176. The predicted octanol–water partition coefficient (Wildman–Crippen LogP) is 5.00. The van der Waals surface area contributed by atoms with Crippen LogP contribution in [0.15, 0.2) is 36.4 Å². The molecule has 0 bridgehead atoms. The number of hydrogen-bond acceptors (Lipinski definition) is 1. The summed E-state index contributed by atoms with van der Waals surface area (Å²) in [5, 5.41) is 6.67. The van der Waals surface area contributed by atoms with Crippen LogP contribution in [0.2, 0.25) is 15.1 Å². The van der Waals surface area contributed by atoms with Crippen molar-refractivity contribution < 1.29 is 9.37 Å². The Morgan fingerprint density at radius 2 is 1.38 bits per heavy atom. The Bertz CT molecular complexity index is 797. The molecule has 0 aliphatic rings. The van der Waals surface area contributed by atoms with Crippen molar-refractivity contribution in [2.24, 2.45) is 0 Å². The van der Waals surface area contributed by atoms with Crippen LogP contribution in [-0.2, 0) is 0 Å². The summed E-state index contributed by atoms with van der Waals surface area (Å²) < 4.78 is 1.97. The van der Waals surface area contributed by atoms with Crippen LogP contribution < -0.4 is 10.6 Å². The minimum absolute atomic E-state index is 0.135. The third-order valence-corrected chi connectivity index (χ3v) is 4.53. The molecule has 0 aliphatic carbocycles. The lowest BCUT2D eigenvalue weighted by Gasteiger charge is -2.10. The molecular formula is C17H17Cl3N3O+. The van der Waals surface area contributed by atoms with Gasteiger partial charge in [0.05, 0.1) is 34.7 Å². The standard InChI is InChI=1S/C17H16Cl3N3O/c1-10(23(2)3)21-11-4-6-12(7-5-11)22-17(24)15-13(18)8-9-14(19)16(15)20/h4-9H,1-3H3,(H,22,24)/p+1. The molecule has 2 aromatic rings. The Hall–Kier alpha value is -1.75. The number of rotatable bonds is 3. The molecule has 1 amide bonds. The van der Waals surface area contributed by atoms with Crippen molar-refractivity contribution in [3.63, 3.8) is 0 Å². The van der Waals surface area contributed by atoms with Gasteiger partial charge in [-0.1, -0.05) is 34.8 Å². The first kappa shape index (κ1) is 18.6. The molecule has 4 nitrogen and oxygen atoms in total.